The van der Waals surface area contributed by atoms with Crippen LogP contribution in [0.3, 0.4) is 0 Å². The average molecular weight is 257 g/mol. The van der Waals surface area contributed by atoms with E-state index in [0.29, 0.717) is 6.42 Å². The molecule has 0 fully saturated rings. The summed E-state index contributed by atoms with van der Waals surface area (Å²) in [6.45, 7) is 4.00. The third kappa shape index (κ3) is 8.62. The van der Waals surface area contributed by atoms with Gasteiger partial charge < -0.3 is 5.73 Å². The van der Waals surface area contributed by atoms with Gasteiger partial charge in [-0.15, -0.1) is 0 Å². The first-order valence-corrected chi connectivity index (χ1v) is 5.70. The Bertz CT molecular complexity index is 293. The highest BCUT2D eigenvalue weighted by Crippen LogP contribution is 2.00. The summed E-state index contributed by atoms with van der Waals surface area (Å²) >= 11 is 0. The summed E-state index contributed by atoms with van der Waals surface area (Å²) in [6.07, 6.45) is 0.606. The first kappa shape index (κ1) is 18.8. The summed E-state index contributed by atoms with van der Waals surface area (Å²) < 4.78 is 0. The van der Waals surface area contributed by atoms with Crippen LogP contribution in [0.5, 0.6) is 0 Å². The van der Waals surface area contributed by atoms with Gasteiger partial charge in [-0.1, -0.05) is 44.2 Å². The number of quaternary nitrogens is 1. The van der Waals surface area contributed by atoms with E-state index in [-0.39, 0.29) is 11.9 Å². The van der Waals surface area contributed by atoms with Crippen LogP contribution in [-0.2, 0) is 11.2 Å². The quantitative estimate of drug-likeness (QED) is 0.277. The summed E-state index contributed by atoms with van der Waals surface area (Å²) in [5, 5.41) is 0. The largest absolute Gasteiger partial charge is 0.347 e. The Morgan fingerprint density at radius 2 is 1.78 bits per heavy atom. The van der Waals surface area contributed by atoms with Gasteiger partial charge in [0.2, 0.25) is 0 Å². The van der Waals surface area contributed by atoms with Crippen molar-refractivity contribution >= 4 is 5.91 Å². The molecule has 1 atom stereocenters. The molecular formula is C11H25N6O+. The van der Waals surface area contributed by atoms with Crippen molar-refractivity contribution in [3.05, 3.63) is 35.9 Å². The van der Waals surface area contributed by atoms with E-state index in [2.05, 4.69) is 28.4 Å². The minimum absolute atomic E-state index is 0.212. The van der Waals surface area contributed by atoms with Gasteiger partial charge in [-0.05, 0) is 5.56 Å². The number of rotatable bonds is 4. The monoisotopic (exact) mass is 257 g/mol. The highest BCUT2D eigenvalue weighted by molar-refractivity contribution is 5.79. The lowest BCUT2D eigenvalue weighted by Gasteiger charge is -2.08. The van der Waals surface area contributed by atoms with Crippen LogP contribution in [0.25, 0.3) is 0 Å². The molecule has 0 aliphatic carbocycles. The number of nitrogens with one attached hydrogen (secondary N) is 2. The molecule has 7 heteroatoms. The fraction of sp³-hybridized carbons (Fsp3) is 0.364. The van der Waals surface area contributed by atoms with Crippen molar-refractivity contribution in [2.75, 3.05) is 0 Å². The molecule has 0 radical (unpaired) electrons. The molecule has 11 N–H and O–H groups in total. The lowest BCUT2D eigenvalue weighted by Crippen LogP contribution is -2.70. The molecule has 0 saturated heterocycles. The summed E-state index contributed by atoms with van der Waals surface area (Å²) in [7, 11) is 0. The SMILES string of the molecule is CC.NN.NNNC(=O)C([NH3+])Cc1ccccc1. The van der Waals surface area contributed by atoms with Gasteiger partial charge in [-0.3, -0.25) is 27.7 Å². The molecule has 104 valence electrons. The maximum atomic E-state index is 11.2. The second-order valence-electron chi connectivity index (χ2n) is 3.02. The molecule has 1 amide bonds. The molecule has 1 aromatic rings. The van der Waals surface area contributed by atoms with Gasteiger partial charge >= 0.3 is 0 Å². The lowest BCUT2D eigenvalue weighted by molar-refractivity contribution is -0.403. The Balaban J connectivity index is 0. The standard InChI is InChI=1S/C9H14N4O.C2H6.H4N2/c10-8(9(14)12-13-11)6-7-4-2-1-3-5-7;2*1-2/h1-5,8,13H,6,10-11H2,(H,12,14);1-2H3;1-2H2/p+1. The molecule has 0 aromatic heterocycles. The number of nitrogens with two attached hydrogens (primary N) is 3. The minimum Gasteiger partial charge on any atom is -0.347 e. The highest BCUT2D eigenvalue weighted by atomic mass is 16.2. The number of hydrogen-bond acceptors (Lipinski definition) is 5. The number of carbonyl (C=O) groups is 1. The van der Waals surface area contributed by atoms with Gasteiger partial charge in [0.05, 0.1) is 0 Å². The molecule has 0 bridgehead atoms. The Labute approximate surface area is 108 Å². The van der Waals surface area contributed by atoms with E-state index in [0.717, 1.165) is 5.56 Å². The molecule has 0 aliphatic rings. The first-order chi connectivity index (χ1) is 8.74. The molecule has 1 unspecified atom stereocenters. The van der Waals surface area contributed by atoms with E-state index >= 15 is 0 Å². The van der Waals surface area contributed by atoms with Crippen molar-refractivity contribution in [1.82, 2.24) is 11.0 Å². The summed E-state index contributed by atoms with van der Waals surface area (Å²) in [4.78, 5) is 11.2. The third-order valence-electron chi connectivity index (χ3n) is 1.89. The molecule has 0 saturated carbocycles. The predicted octanol–water partition coefficient (Wildman–Crippen LogP) is -1.82. The highest BCUT2D eigenvalue weighted by Gasteiger charge is 2.16. The number of amides is 1. The van der Waals surface area contributed by atoms with Gasteiger partial charge in [0.15, 0.2) is 6.04 Å². The second-order valence-corrected chi connectivity index (χ2v) is 3.02. The summed E-state index contributed by atoms with van der Waals surface area (Å²) in [6, 6.07) is 9.38. The summed E-state index contributed by atoms with van der Waals surface area (Å²) in [5.41, 5.74) is 9.21. The fourth-order valence-electron chi connectivity index (χ4n) is 1.16. The Morgan fingerprint density at radius 1 is 1.28 bits per heavy atom. The third-order valence-corrected chi connectivity index (χ3v) is 1.89. The van der Waals surface area contributed by atoms with E-state index in [1.54, 1.807) is 0 Å². The van der Waals surface area contributed by atoms with Crippen LogP contribution in [0.4, 0.5) is 0 Å². The molecule has 18 heavy (non-hydrogen) atoms. The van der Waals surface area contributed by atoms with E-state index < -0.39 is 0 Å². The number of hydrogen-bond donors (Lipinski definition) is 6. The number of hydrazine groups is 3. The van der Waals surface area contributed by atoms with Crippen LogP contribution < -0.4 is 34.2 Å². The van der Waals surface area contributed by atoms with Crippen LogP contribution in [-0.4, -0.2) is 11.9 Å². The van der Waals surface area contributed by atoms with E-state index in [4.69, 9.17) is 5.84 Å². The minimum atomic E-state index is -0.339. The molecule has 1 rings (SSSR count). The van der Waals surface area contributed by atoms with Gasteiger partial charge in [0.1, 0.15) is 0 Å². The smallest absolute Gasteiger partial charge is 0.293 e. The molecule has 7 nitrogen and oxygen atoms in total. The normalized spacial score (nSPS) is 10.1. The first-order valence-electron chi connectivity index (χ1n) is 5.70. The Kier molecular flexibility index (Phi) is 14.2. The number of benzene rings is 1. The Hall–Kier alpha value is -1.51. The van der Waals surface area contributed by atoms with Gasteiger partial charge in [0, 0.05) is 6.42 Å². The van der Waals surface area contributed by atoms with E-state index in [1.807, 2.05) is 44.2 Å². The molecule has 0 aliphatic heterocycles. The van der Waals surface area contributed by atoms with Crippen LogP contribution in [0.1, 0.15) is 19.4 Å². The van der Waals surface area contributed by atoms with Crippen molar-refractivity contribution in [1.29, 1.82) is 0 Å². The van der Waals surface area contributed by atoms with Crippen molar-refractivity contribution < 1.29 is 10.5 Å². The molecule has 1 aromatic carbocycles. The second kappa shape index (κ2) is 13.6. The van der Waals surface area contributed by atoms with Crippen LogP contribution in [0.15, 0.2) is 30.3 Å². The zero-order valence-corrected chi connectivity index (χ0v) is 11.0. The summed E-state index contributed by atoms with van der Waals surface area (Å²) in [5.74, 6) is 12.7. The van der Waals surface area contributed by atoms with Crippen LogP contribution in [0.2, 0.25) is 0 Å². The molecule has 0 heterocycles. The van der Waals surface area contributed by atoms with Crippen molar-refractivity contribution in [2.45, 2.75) is 26.3 Å². The van der Waals surface area contributed by atoms with Gasteiger partial charge in [0.25, 0.3) is 5.91 Å². The van der Waals surface area contributed by atoms with E-state index in [9.17, 15) is 4.79 Å². The van der Waals surface area contributed by atoms with Crippen molar-refractivity contribution in [3.63, 3.8) is 0 Å². The zero-order valence-electron chi connectivity index (χ0n) is 11.0. The van der Waals surface area contributed by atoms with Crippen molar-refractivity contribution in [2.24, 2.45) is 17.5 Å². The van der Waals surface area contributed by atoms with Crippen LogP contribution >= 0.6 is 0 Å². The van der Waals surface area contributed by atoms with E-state index in [1.165, 1.54) is 0 Å². The molecular weight excluding hydrogens is 232 g/mol. The van der Waals surface area contributed by atoms with Gasteiger partial charge in [-0.25, -0.2) is 0 Å². The van der Waals surface area contributed by atoms with Crippen LogP contribution in [0, 0.1) is 0 Å². The zero-order chi connectivity index (χ0) is 14.4. The maximum Gasteiger partial charge on any atom is 0.293 e. The van der Waals surface area contributed by atoms with Gasteiger partial charge in [-0.2, -0.15) is 5.53 Å². The lowest BCUT2D eigenvalue weighted by atomic mass is 10.1. The maximum absolute atomic E-state index is 11.2. The van der Waals surface area contributed by atoms with Crippen molar-refractivity contribution in [3.8, 4) is 0 Å². The average Bonchev–Trinajstić information content (AvgIpc) is 2.44. The Morgan fingerprint density at radius 3 is 2.22 bits per heavy atom. The topological polar surface area (TPSA) is 147 Å². The number of carbonyl (C=O) groups excluding carboxylic acids is 1. The fourth-order valence-corrected chi connectivity index (χ4v) is 1.16. The molecule has 0 spiro atoms. The predicted molar refractivity (Wildman–Crippen MR) is 72.0 cm³/mol.